The smallest absolute Gasteiger partial charge is 0.291 e. The second-order valence-corrected chi connectivity index (χ2v) is 3.53. The van der Waals surface area contributed by atoms with Crippen molar-refractivity contribution in [1.29, 1.82) is 0 Å². The minimum absolute atomic E-state index is 0.0147. The first kappa shape index (κ1) is 12.3. The zero-order valence-electron chi connectivity index (χ0n) is 9.24. The van der Waals surface area contributed by atoms with Crippen molar-refractivity contribution in [1.82, 2.24) is 0 Å². The van der Waals surface area contributed by atoms with Gasteiger partial charge in [0.1, 0.15) is 5.76 Å². The van der Waals surface area contributed by atoms with Gasteiger partial charge >= 0.3 is 0 Å². The van der Waals surface area contributed by atoms with Crippen molar-refractivity contribution >= 4 is 11.6 Å². The van der Waals surface area contributed by atoms with E-state index < -0.39 is 17.5 Å². The molecule has 0 fully saturated rings. The number of amides is 1. The van der Waals surface area contributed by atoms with E-state index in [2.05, 4.69) is 5.32 Å². The first-order valence-electron chi connectivity index (χ1n) is 5.16. The molecule has 0 atom stereocenters. The monoisotopic (exact) mass is 252 g/mol. The average Bonchev–Trinajstić information content (AvgIpc) is 2.83. The van der Waals surface area contributed by atoms with Crippen molar-refractivity contribution < 1.29 is 18.0 Å². The molecule has 2 aromatic rings. The highest BCUT2D eigenvalue weighted by atomic mass is 19.2. The first-order chi connectivity index (χ1) is 8.61. The molecule has 0 spiro atoms. The Labute approximate surface area is 101 Å². The lowest BCUT2D eigenvalue weighted by Crippen LogP contribution is -2.12. The van der Waals surface area contributed by atoms with Gasteiger partial charge in [0.2, 0.25) is 0 Å². The molecule has 1 heterocycles. The number of carbonyl (C=O) groups is 1. The topological polar surface area (TPSA) is 68.3 Å². The molecule has 0 aliphatic rings. The zero-order chi connectivity index (χ0) is 13.1. The van der Waals surface area contributed by atoms with Crippen molar-refractivity contribution in [3.05, 3.63) is 53.5 Å². The van der Waals surface area contributed by atoms with Gasteiger partial charge < -0.3 is 15.5 Å². The Morgan fingerprint density at radius 3 is 2.72 bits per heavy atom. The third-order valence-corrected chi connectivity index (χ3v) is 2.29. The maximum absolute atomic E-state index is 13.3. The molecule has 94 valence electrons. The normalized spacial score (nSPS) is 10.4. The number of hydrogen-bond donors (Lipinski definition) is 2. The lowest BCUT2D eigenvalue weighted by atomic mass is 10.3. The van der Waals surface area contributed by atoms with E-state index in [0.717, 1.165) is 6.07 Å². The van der Waals surface area contributed by atoms with E-state index in [-0.39, 0.29) is 18.0 Å². The number of halogens is 2. The molecule has 0 aliphatic carbocycles. The Kier molecular flexibility index (Phi) is 3.38. The van der Waals surface area contributed by atoms with E-state index in [9.17, 15) is 13.6 Å². The number of hydrogen-bond acceptors (Lipinski definition) is 3. The highest BCUT2D eigenvalue weighted by Gasteiger charge is 2.14. The Hall–Kier alpha value is -2.21. The van der Waals surface area contributed by atoms with E-state index in [1.165, 1.54) is 24.3 Å². The van der Waals surface area contributed by atoms with Crippen molar-refractivity contribution in [2.45, 2.75) is 6.54 Å². The number of carbonyl (C=O) groups excluding carboxylic acids is 1. The molecule has 0 bridgehead atoms. The number of furan rings is 1. The first-order valence-corrected chi connectivity index (χ1v) is 5.16. The largest absolute Gasteiger partial charge is 0.455 e. The van der Waals surface area contributed by atoms with Gasteiger partial charge in [0.05, 0.1) is 12.2 Å². The summed E-state index contributed by atoms with van der Waals surface area (Å²) in [5.74, 6) is -2.40. The van der Waals surface area contributed by atoms with Gasteiger partial charge in [-0.3, -0.25) is 4.79 Å². The Balaban J connectivity index is 2.18. The van der Waals surface area contributed by atoms with Crippen molar-refractivity contribution in [3.63, 3.8) is 0 Å². The van der Waals surface area contributed by atoms with Crippen LogP contribution in [0.5, 0.6) is 0 Å². The van der Waals surface area contributed by atoms with Crippen LogP contribution in [0.1, 0.15) is 16.3 Å². The van der Waals surface area contributed by atoms with Gasteiger partial charge in [0, 0.05) is 0 Å². The maximum Gasteiger partial charge on any atom is 0.291 e. The lowest BCUT2D eigenvalue weighted by molar-refractivity contribution is 0.0994. The van der Waals surface area contributed by atoms with Gasteiger partial charge in [-0.1, -0.05) is 6.07 Å². The summed E-state index contributed by atoms with van der Waals surface area (Å²) in [7, 11) is 0. The second kappa shape index (κ2) is 4.97. The Morgan fingerprint density at radius 2 is 2.06 bits per heavy atom. The minimum Gasteiger partial charge on any atom is -0.455 e. The predicted molar refractivity (Wildman–Crippen MR) is 60.9 cm³/mol. The number of nitrogens with two attached hydrogens (primary N) is 1. The summed E-state index contributed by atoms with van der Waals surface area (Å²) < 4.78 is 31.3. The lowest BCUT2D eigenvalue weighted by Gasteiger charge is -2.04. The number of benzene rings is 1. The van der Waals surface area contributed by atoms with E-state index in [0.29, 0.717) is 5.76 Å². The van der Waals surface area contributed by atoms with Gasteiger partial charge in [-0.25, -0.2) is 8.78 Å². The molecular formula is C12H10F2N2O2. The van der Waals surface area contributed by atoms with Gasteiger partial charge in [-0.15, -0.1) is 0 Å². The van der Waals surface area contributed by atoms with Crippen LogP contribution in [0.15, 0.2) is 34.7 Å². The molecular weight excluding hydrogens is 242 g/mol. The summed E-state index contributed by atoms with van der Waals surface area (Å²) in [6.45, 7) is 0.154. The second-order valence-electron chi connectivity index (χ2n) is 3.53. The Morgan fingerprint density at radius 1 is 1.28 bits per heavy atom. The highest BCUT2D eigenvalue weighted by molar-refractivity contribution is 6.02. The summed E-state index contributed by atoms with van der Waals surface area (Å²) in [4.78, 5) is 11.7. The van der Waals surface area contributed by atoms with Crippen LogP contribution < -0.4 is 11.1 Å². The Bertz CT molecular complexity index is 581. The zero-order valence-corrected chi connectivity index (χ0v) is 9.24. The van der Waals surface area contributed by atoms with E-state index in [1.54, 1.807) is 0 Å². The molecule has 1 amide bonds. The quantitative estimate of drug-likeness (QED) is 0.880. The number of rotatable bonds is 3. The van der Waals surface area contributed by atoms with Crippen LogP contribution in [0.4, 0.5) is 14.5 Å². The number of nitrogens with one attached hydrogen (secondary N) is 1. The summed E-state index contributed by atoms with van der Waals surface area (Å²) in [6, 6.07) is 6.46. The molecule has 0 unspecified atom stereocenters. The maximum atomic E-state index is 13.3. The fourth-order valence-corrected chi connectivity index (χ4v) is 1.39. The van der Waals surface area contributed by atoms with Crippen LogP contribution >= 0.6 is 0 Å². The molecule has 4 nitrogen and oxygen atoms in total. The van der Waals surface area contributed by atoms with Crippen LogP contribution in [0.2, 0.25) is 0 Å². The molecule has 6 heteroatoms. The number of anilines is 1. The molecule has 3 N–H and O–H groups in total. The summed E-state index contributed by atoms with van der Waals surface area (Å²) in [5, 5.41) is 2.22. The van der Waals surface area contributed by atoms with Crippen LogP contribution in [-0.4, -0.2) is 5.91 Å². The summed E-state index contributed by atoms with van der Waals surface area (Å²) in [5.41, 5.74) is 5.08. The van der Waals surface area contributed by atoms with Crippen molar-refractivity contribution in [3.8, 4) is 0 Å². The molecule has 1 aromatic carbocycles. The van der Waals surface area contributed by atoms with Crippen molar-refractivity contribution in [2.24, 2.45) is 5.73 Å². The third kappa shape index (κ3) is 2.38. The van der Waals surface area contributed by atoms with Gasteiger partial charge in [-0.05, 0) is 24.3 Å². The summed E-state index contributed by atoms with van der Waals surface area (Å²) >= 11 is 0. The summed E-state index contributed by atoms with van der Waals surface area (Å²) in [6.07, 6.45) is 0. The molecule has 18 heavy (non-hydrogen) atoms. The van der Waals surface area contributed by atoms with E-state index in [4.69, 9.17) is 10.2 Å². The predicted octanol–water partition coefficient (Wildman–Crippen LogP) is 2.27. The highest BCUT2D eigenvalue weighted by Crippen LogP contribution is 2.18. The van der Waals surface area contributed by atoms with Gasteiger partial charge in [-0.2, -0.15) is 0 Å². The molecule has 2 rings (SSSR count). The van der Waals surface area contributed by atoms with Crippen LogP contribution in [-0.2, 0) is 6.54 Å². The van der Waals surface area contributed by atoms with Crippen LogP contribution in [0.25, 0.3) is 0 Å². The fourth-order valence-electron chi connectivity index (χ4n) is 1.39. The minimum atomic E-state index is -1.11. The van der Waals surface area contributed by atoms with Gasteiger partial charge in [0.15, 0.2) is 17.4 Å². The van der Waals surface area contributed by atoms with E-state index in [1.807, 2.05) is 0 Å². The standard InChI is InChI=1S/C12H10F2N2O2/c13-8-2-1-3-9(11(8)14)16-12(17)10-5-4-7(6-15)18-10/h1-5H,6,15H2,(H,16,17). The molecule has 0 saturated carbocycles. The van der Waals surface area contributed by atoms with Gasteiger partial charge in [0.25, 0.3) is 5.91 Å². The fraction of sp³-hybridized carbons (Fsp3) is 0.0833. The molecule has 0 aliphatic heterocycles. The molecule has 0 radical (unpaired) electrons. The van der Waals surface area contributed by atoms with Crippen molar-refractivity contribution in [2.75, 3.05) is 5.32 Å². The van der Waals surface area contributed by atoms with Crippen LogP contribution in [0.3, 0.4) is 0 Å². The average molecular weight is 252 g/mol. The third-order valence-electron chi connectivity index (χ3n) is 2.29. The SMILES string of the molecule is NCc1ccc(C(=O)Nc2cccc(F)c2F)o1. The van der Waals surface area contributed by atoms with E-state index >= 15 is 0 Å². The van der Waals surface area contributed by atoms with Crippen LogP contribution in [0, 0.1) is 11.6 Å². The molecule has 1 aromatic heterocycles. The molecule has 0 saturated heterocycles.